The van der Waals surface area contributed by atoms with Gasteiger partial charge in [-0.15, -0.1) is 0 Å². The number of para-hydroxylation sites is 1. The smallest absolute Gasteiger partial charge is 0.455 e. The molecule has 0 atom stereocenters. The Kier molecular flexibility index (Phi) is 4.31. The van der Waals surface area contributed by atoms with Gasteiger partial charge in [-0.05, 0) is 19.1 Å². The number of Topliss-reactive ketones (excluding diaryl/α,β-unsaturated/α-hetero) is 1. The fraction of sp³-hybridized carbons (Fsp3) is 0.167. The molecule has 4 nitrogen and oxygen atoms in total. The van der Waals surface area contributed by atoms with Crippen molar-refractivity contribution >= 4 is 17.2 Å². The Balaban J connectivity index is 3.13. The molecule has 0 amide bonds. The van der Waals surface area contributed by atoms with Gasteiger partial charge in [-0.1, -0.05) is 18.2 Å². The van der Waals surface area contributed by atoms with Crippen LogP contribution in [0.1, 0.15) is 6.92 Å². The molecular formula is C12H11F3N2O2. The maximum Gasteiger partial charge on any atom is 0.455 e. The number of benzene rings is 1. The van der Waals surface area contributed by atoms with Crippen LogP contribution in [0, 0.1) is 5.41 Å². The molecule has 0 saturated heterocycles. The maximum absolute atomic E-state index is 12.3. The van der Waals surface area contributed by atoms with Gasteiger partial charge in [-0.2, -0.15) is 13.2 Å². The SMILES string of the molecule is CC(=N)/C(C(=O)C(F)(F)F)=C(/O)Nc1ccccc1. The Morgan fingerprint density at radius 2 is 1.79 bits per heavy atom. The number of aliphatic hydroxyl groups excluding tert-OH is 1. The lowest BCUT2D eigenvalue weighted by Crippen LogP contribution is -2.29. The highest BCUT2D eigenvalue weighted by molar-refractivity contribution is 6.22. The predicted octanol–water partition coefficient (Wildman–Crippen LogP) is 3.04. The van der Waals surface area contributed by atoms with E-state index in [1.54, 1.807) is 18.2 Å². The highest BCUT2D eigenvalue weighted by atomic mass is 19.4. The molecule has 0 saturated carbocycles. The Morgan fingerprint density at radius 1 is 1.26 bits per heavy atom. The molecule has 1 rings (SSSR count). The van der Waals surface area contributed by atoms with Gasteiger partial charge in [0.15, 0.2) is 0 Å². The standard InChI is InChI=1S/C12H11F3N2O2/c1-7(16)9(10(18)12(13,14)15)11(19)17-8-5-3-2-4-6-8/h2-6,16-17,19H,1H3/b11-9-,16-7?. The number of carbonyl (C=O) groups is 1. The van der Waals surface area contributed by atoms with Gasteiger partial charge in [0.05, 0.1) is 0 Å². The summed E-state index contributed by atoms with van der Waals surface area (Å²) in [6.45, 7) is 0.988. The first-order chi connectivity index (χ1) is 8.73. The molecule has 1 aromatic carbocycles. The van der Waals surface area contributed by atoms with Gasteiger partial charge in [0, 0.05) is 11.4 Å². The summed E-state index contributed by atoms with van der Waals surface area (Å²) < 4.78 is 37.0. The van der Waals surface area contributed by atoms with Crippen LogP contribution in [0.25, 0.3) is 0 Å². The van der Waals surface area contributed by atoms with Gasteiger partial charge >= 0.3 is 6.18 Å². The minimum Gasteiger partial charge on any atom is -0.494 e. The fourth-order valence-electron chi connectivity index (χ4n) is 1.32. The summed E-state index contributed by atoms with van der Waals surface area (Å²) in [6.07, 6.45) is -5.15. The number of halogens is 3. The van der Waals surface area contributed by atoms with Crippen molar-refractivity contribution < 1.29 is 23.1 Å². The monoisotopic (exact) mass is 272 g/mol. The molecule has 0 aromatic heterocycles. The minimum atomic E-state index is -5.15. The van der Waals surface area contributed by atoms with E-state index in [1.165, 1.54) is 12.1 Å². The first-order valence-electron chi connectivity index (χ1n) is 5.16. The van der Waals surface area contributed by atoms with E-state index in [2.05, 4.69) is 5.32 Å². The topological polar surface area (TPSA) is 73.2 Å². The van der Waals surface area contributed by atoms with Crippen LogP contribution in [0.4, 0.5) is 18.9 Å². The molecule has 0 heterocycles. The van der Waals surface area contributed by atoms with E-state index in [0.29, 0.717) is 5.69 Å². The Labute approximate surface area is 107 Å². The second kappa shape index (κ2) is 5.55. The van der Waals surface area contributed by atoms with Crippen LogP contribution < -0.4 is 5.32 Å². The summed E-state index contributed by atoms with van der Waals surface area (Å²) in [5.74, 6) is -3.26. The molecule has 0 unspecified atom stereocenters. The maximum atomic E-state index is 12.3. The number of aliphatic hydroxyl groups is 1. The average molecular weight is 272 g/mol. The van der Waals surface area contributed by atoms with Gasteiger partial charge in [0.25, 0.3) is 5.78 Å². The van der Waals surface area contributed by atoms with Gasteiger partial charge in [-0.3, -0.25) is 4.79 Å². The van der Waals surface area contributed by atoms with Gasteiger partial charge in [-0.25, -0.2) is 0 Å². The lowest BCUT2D eigenvalue weighted by atomic mass is 10.1. The van der Waals surface area contributed by atoms with Crippen molar-refractivity contribution in [3.05, 3.63) is 41.8 Å². The molecule has 102 valence electrons. The van der Waals surface area contributed by atoms with Gasteiger partial charge in [0.2, 0.25) is 5.88 Å². The Hall–Kier alpha value is -2.31. The molecule has 1 aromatic rings. The molecule has 0 aliphatic heterocycles. The van der Waals surface area contributed by atoms with Crippen molar-refractivity contribution in [2.45, 2.75) is 13.1 Å². The zero-order chi connectivity index (χ0) is 14.6. The van der Waals surface area contributed by atoms with Crippen molar-refractivity contribution in [2.75, 3.05) is 5.32 Å². The number of alkyl halides is 3. The highest BCUT2D eigenvalue weighted by Gasteiger charge is 2.43. The third-order valence-electron chi connectivity index (χ3n) is 2.13. The summed E-state index contributed by atoms with van der Waals surface area (Å²) in [5.41, 5.74) is -1.48. The molecule has 3 N–H and O–H groups in total. The average Bonchev–Trinajstić information content (AvgIpc) is 2.28. The fourth-order valence-corrected chi connectivity index (χ4v) is 1.32. The molecule has 0 spiro atoms. The molecule has 0 radical (unpaired) electrons. The number of rotatable bonds is 4. The lowest BCUT2D eigenvalue weighted by Gasteiger charge is -2.12. The number of allylic oxidation sites excluding steroid dienone is 1. The van der Waals surface area contributed by atoms with E-state index in [4.69, 9.17) is 5.41 Å². The predicted molar refractivity (Wildman–Crippen MR) is 64.2 cm³/mol. The Bertz CT molecular complexity index is 522. The molecule has 0 bridgehead atoms. The lowest BCUT2D eigenvalue weighted by molar-refractivity contribution is -0.166. The molecule has 0 fully saturated rings. The minimum absolute atomic E-state index is 0.300. The van der Waals surface area contributed by atoms with E-state index < -0.39 is 29.1 Å². The van der Waals surface area contributed by atoms with Crippen LogP contribution in [0.3, 0.4) is 0 Å². The number of anilines is 1. The van der Waals surface area contributed by atoms with Crippen LogP contribution in [0.15, 0.2) is 41.8 Å². The first-order valence-corrected chi connectivity index (χ1v) is 5.16. The summed E-state index contributed by atoms with van der Waals surface area (Å²) in [6, 6.07) is 7.85. The van der Waals surface area contributed by atoms with Crippen LogP contribution in [-0.2, 0) is 4.79 Å². The van der Waals surface area contributed by atoms with Gasteiger partial charge < -0.3 is 15.8 Å². The normalized spacial score (nSPS) is 12.6. The third-order valence-corrected chi connectivity index (χ3v) is 2.13. The quantitative estimate of drug-likeness (QED) is 0.448. The van der Waals surface area contributed by atoms with E-state index in [0.717, 1.165) is 6.92 Å². The number of hydrogen-bond donors (Lipinski definition) is 3. The largest absolute Gasteiger partial charge is 0.494 e. The van der Waals surface area contributed by atoms with Crippen LogP contribution >= 0.6 is 0 Å². The van der Waals surface area contributed by atoms with E-state index in [9.17, 15) is 23.1 Å². The zero-order valence-electron chi connectivity index (χ0n) is 9.88. The number of carbonyl (C=O) groups excluding carboxylic acids is 1. The second-order valence-corrected chi connectivity index (χ2v) is 3.67. The van der Waals surface area contributed by atoms with Crippen molar-refractivity contribution in [3.8, 4) is 0 Å². The summed E-state index contributed by atoms with van der Waals surface area (Å²) in [4.78, 5) is 11.1. The van der Waals surface area contributed by atoms with Crippen molar-refractivity contribution in [3.63, 3.8) is 0 Å². The summed E-state index contributed by atoms with van der Waals surface area (Å²) in [7, 11) is 0. The molecule has 0 aliphatic rings. The van der Waals surface area contributed by atoms with Crippen molar-refractivity contribution in [1.29, 1.82) is 5.41 Å². The van der Waals surface area contributed by atoms with Gasteiger partial charge in [0.1, 0.15) is 5.57 Å². The number of nitrogens with one attached hydrogen (secondary N) is 2. The second-order valence-electron chi connectivity index (χ2n) is 3.67. The highest BCUT2D eigenvalue weighted by Crippen LogP contribution is 2.23. The van der Waals surface area contributed by atoms with Crippen LogP contribution in [0.5, 0.6) is 0 Å². The number of hydrogen-bond acceptors (Lipinski definition) is 4. The molecular weight excluding hydrogens is 261 g/mol. The van der Waals surface area contributed by atoms with E-state index in [1.807, 2.05) is 0 Å². The molecule has 19 heavy (non-hydrogen) atoms. The summed E-state index contributed by atoms with van der Waals surface area (Å²) in [5, 5.41) is 19.0. The van der Waals surface area contributed by atoms with Crippen molar-refractivity contribution in [2.24, 2.45) is 0 Å². The van der Waals surface area contributed by atoms with Crippen LogP contribution in [0.2, 0.25) is 0 Å². The van der Waals surface area contributed by atoms with Crippen LogP contribution in [-0.4, -0.2) is 22.8 Å². The Morgan fingerprint density at radius 3 is 2.21 bits per heavy atom. The number of ketones is 1. The van der Waals surface area contributed by atoms with Crippen molar-refractivity contribution in [1.82, 2.24) is 0 Å². The zero-order valence-corrected chi connectivity index (χ0v) is 9.88. The first kappa shape index (κ1) is 14.7. The van der Waals surface area contributed by atoms with E-state index in [-0.39, 0.29) is 0 Å². The summed E-state index contributed by atoms with van der Waals surface area (Å²) >= 11 is 0. The molecule has 7 heteroatoms. The third kappa shape index (κ3) is 3.84. The van der Waals surface area contributed by atoms with E-state index >= 15 is 0 Å². The molecule has 0 aliphatic carbocycles.